The molecule has 0 bridgehead atoms. The summed E-state index contributed by atoms with van der Waals surface area (Å²) in [6.45, 7) is 5.82. The van der Waals surface area contributed by atoms with Crippen molar-refractivity contribution in [1.82, 2.24) is 15.4 Å². The summed E-state index contributed by atoms with van der Waals surface area (Å²) in [7, 11) is 0. The Morgan fingerprint density at radius 3 is 2.84 bits per heavy atom. The molecule has 0 saturated carbocycles. The van der Waals surface area contributed by atoms with E-state index >= 15 is 0 Å². The number of benzene rings is 1. The van der Waals surface area contributed by atoms with Gasteiger partial charge in [-0.1, -0.05) is 24.3 Å². The minimum absolute atomic E-state index is 0.0354. The number of nitrogens with one attached hydrogen (secondary N) is 2. The smallest absolute Gasteiger partial charge is 0.259 e. The van der Waals surface area contributed by atoms with E-state index in [0.29, 0.717) is 16.0 Å². The van der Waals surface area contributed by atoms with Gasteiger partial charge in [-0.05, 0) is 37.5 Å². The van der Waals surface area contributed by atoms with Crippen molar-refractivity contribution in [2.24, 2.45) is 5.10 Å². The lowest BCUT2D eigenvalue weighted by Crippen LogP contribution is -2.23. The lowest BCUT2D eigenvalue weighted by atomic mass is 10.1. The number of amides is 1. The van der Waals surface area contributed by atoms with Gasteiger partial charge in [0.25, 0.3) is 5.56 Å². The van der Waals surface area contributed by atoms with Gasteiger partial charge in [-0.3, -0.25) is 9.59 Å². The van der Waals surface area contributed by atoms with E-state index in [2.05, 4.69) is 20.5 Å². The van der Waals surface area contributed by atoms with Crippen LogP contribution in [-0.2, 0) is 11.2 Å². The van der Waals surface area contributed by atoms with Gasteiger partial charge in [-0.25, -0.2) is 10.4 Å². The molecule has 0 radical (unpaired) electrons. The van der Waals surface area contributed by atoms with Crippen LogP contribution in [0.2, 0.25) is 0 Å². The number of hydrazone groups is 1. The van der Waals surface area contributed by atoms with Gasteiger partial charge in [0.15, 0.2) is 0 Å². The van der Waals surface area contributed by atoms with E-state index in [-0.39, 0.29) is 17.9 Å². The van der Waals surface area contributed by atoms with Gasteiger partial charge < -0.3 is 4.98 Å². The molecule has 0 spiro atoms. The maximum absolute atomic E-state index is 12.2. The van der Waals surface area contributed by atoms with Gasteiger partial charge in [-0.15, -0.1) is 11.3 Å². The van der Waals surface area contributed by atoms with Crippen molar-refractivity contribution in [3.8, 4) is 0 Å². The van der Waals surface area contributed by atoms with Crippen LogP contribution < -0.4 is 11.0 Å². The van der Waals surface area contributed by atoms with E-state index in [1.165, 1.54) is 11.3 Å². The van der Waals surface area contributed by atoms with Crippen molar-refractivity contribution in [3.63, 3.8) is 0 Å². The lowest BCUT2D eigenvalue weighted by Gasteiger charge is -2.01. The number of carbonyl (C=O) groups is 1. The van der Waals surface area contributed by atoms with Crippen molar-refractivity contribution in [2.45, 2.75) is 27.2 Å². The summed E-state index contributed by atoms with van der Waals surface area (Å²) in [5.41, 5.74) is 5.19. The summed E-state index contributed by atoms with van der Waals surface area (Å²) >= 11 is 1.46. The minimum atomic E-state index is -0.336. The fourth-order valence-corrected chi connectivity index (χ4v) is 3.53. The maximum atomic E-state index is 12.2. The Morgan fingerprint density at radius 1 is 1.32 bits per heavy atom. The van der Waals surface area contributed by atoms with Crippen LogP contribution in [0.1, 0.15) is 27.4 Å². The van der Waals surface area contributed by atoms with Crippen LogP contribution in [0.25, 0.3) is 10.2 Å². The number of aromatic amines is 1. The molecule has 2 heterocycles. The number of fused-ring (bicyclic) bond motifs is 1. The second-order valence-corrected chi connectivity index (χ2v) is 7.01. The van der Waals surface area contributed by atoms with Crippen molar-refractivity contribution in [1.29, 1.82) is 0 Å². The first-order valence-corrected chi connectivity index (χ1v) is 8.64. The highest BCUT2D eigenvalue weighted by Gasteiger charge is 2.13. The van der Waals surface area contributed by atoms with Crippen LogP contribution in [0.5, 0.6) is 0 Å². The van der Waals surface area contributed by atoms with E-state index in [4.69, 9.17) is 0 Å². The van der Waals surface area contributed by atoms with Crippen LogP contribution in [0.4, 0.5) is 0 Å². The molecule has 25 heavy (non-hydrogen) atoms. The van der Waals surface area contributed by atoms with E-state index < -0.39 is 0 Å². The van der Waals surface area contributed by atoms with E-state index in [1.54, 1.807) is 6.21 Å². The van der Waals surface area contributed by atoms with Crippen LogP contribution in [0.15, 0.2) is 34.2 Å². The highest BCUT2D eigenvalue weighted by atomic mass is 32.1. The number of aryl methyl sites for hydroxylation is 3. The largest absolute Gasteiger partial charge is 0.309 e. The van der Waals surface area contributed by atoms with Crippen molar-refractivity contribution in [3.05, 3.63) is 62.0 Å². The lowest BCUT2D eigenvalue weighted by molar-refractivity contribution is -0.120. The van der Waals surface area contributed by atoms with Gasteiger partial charge in [0.2, 0.25) is 5.91 Å². The average Bonchev–Trinajstić information content (AvgIpc) is 2.84. The molecule has 3 rings (SSSR count). The summed E-state index contributed by atoms with van der Waals surface area (Å²) in [6.07, 6.45) is 1.56. The zero-order valence-electron chi connectivity index (χ0n) is 14.2. The average molecular weight is 354 g/mol. The van der Waals surface area contributed by atoms with E-state index in [9.17, 15) is 9.59 Å². The molecule has 0 aliphatic heterocycles. The summed E-state index contributed by atoms with van der Waals surface area (Å²) in [6, 6.07) is 7.74. The number of hydrogen-bond acceptors (Lipinski definition) is 5. The van der Waals surface area contributed by atoms with Crippen LogP contribution in [0, 0.1) is 20.8 Å². The highest BCUT2D eigenvalue weighted by Crippen LogP contribution is 2.25. The normalized spacial score (nSPS) is 11.3. The van der Waals surface area contributed by atoms with E-state index in [1.807, 2.05) is 45.0 Å². The molecule has 0 aliphatic carbocycles. The summed E-state index contributed by atoms with van der Waals surface area (Å²) < 4.78 is 0. The molecule has 128 valence electrons. The first kappa shape index (κ1) is 17.0. The van der Waals surface area contributed by atoms with Gasteiger partial charge in [0.1, 0.15) is 10.7 Å². The Bertz CT molecular complexity index is 1030. The molecule has 3 aromatic rings. The Balaban J connectivity index is 1.72. The number of thiophene rings is 1. The standard InChI is InChI=1S/C18H18N4O2S/c1-10-6-4-5-7-13(10)9-19-22-15(23)8-14-20-17(24)16-11(2)12(3)25-18(16)21-14/h4-7,9H,8H2,1-3H3,(H,22,23)(H,20,21,24)/b19-9-. The van der Waals surface area contributed by atoms with Crippen LogP contribution in [-0.4, -0.2) is 22.1 Å². The number of nitrogens with zero attached hydrogens (tertiary/aromatic N) is 2. The predicted molar refractivity (Wildman–Crippen MR) is 100 cm³/mol. The first-order valence-electron chi connectivity index (χ1n) is 7.82. The van der Waals surface area contributed by atoms with Gasteiger partial charge in [0, 0.05) is 4.88 Å². The first-order chi connectivity index (χ1) is 12.0. The van der Waals surface area contributed by atoms with Gasteiger partial charge in [0.05, 0.1) is 18.0 Å². The molecule has 0 atom stereocenters. The third-order valence-corrected chi connectivity index (χ3v) is 5.10. The van der Waals surface area contributed by atoms with Crippen molar-refractivity contribution >= 4 is 33.7 Å². The Labute approximate surface area is 148 Å². The fraction of sp³-hybridized carbons (Fsp3) is 0.222. The Morgan fingerprint density at radius 2 is 2.08 bits per heavy atom. The van der Waals surface area contributed by atoms with Crippen molar-refractivity contribution < 1.29 is 4.79 Å². The van der Waals surface area contributed by atoms with Gasteiger partial charge in [-0.2, -0.15) is 5.10 Å². The highest BCUT2D eigenvalue weighted by molar-refractivity contribution is 7.18. The number of aromatic nitrogens is 2. The van der Waals surface area contributed by atoms with Crippen LogP contribution in [0.3, 0.4) is 0 Å². The molecule has 1 aromatic carbocycles. The van der Waals surface area contributed by atoms with E-state index in [0.717, 1.165) is 21.6 Å². The molecule has 6 nitrogen and oxygen atoms in total. The summed E-state index contributed by atoms with van der Waals surface area (Å²) in [5, 5.41) is 4.56. The molecule has 2 N–H and O–H groups in total. The topological polar surface area (TPSA) is 87.2 Å². The SMILES string of the molecule is Cc1ccccc1/C=N\NC(=O)Cc1nc2sc(C)c(C)c2c(=O)[nH]1. The maximum Gasteiger partial charge on any atom is 0.259 e. The summed E-state index contributed by atoms with van der Waals surface area (Å²) in [4.78, 5) is 33.0. The number of H-pyrrole nitrogens is 1. The zero-order chi connectivity index (χ0) is 18.0. The van der Waals surface area contributed by atoms with Gasteiger partial charge >= 0.3 is 0 Å². The molecule has 0 saturated heterocycles. The second-order valence-electron chi connectivity index (χ2n) is 5.80. The zero-order valence-corrected chi connectivity index (χ0v) is 15.0. The fourth-order valence-electron chi connectivity index (χ4n) is 2.48. The minimum Gasteiger partial charge on any atom is -0.309 e. The number of carbonyl (C=O) groups excluding carboxylic acids is 1. The predicted octanol–water partition coefficient (Wildman–Crippen LogP) is 2.60. The third kappa shape index (κ3) is 3.66. The number of hydrogen-bond donors (Lipinski definition) is 2. The molecule has 0 unspecified atom stereocenters. The summed E-state index contributed by atoms with van der Waals surface area (Å²) in [5.74, 6) is -0.000300. The molecule has 1 amide bonds. The molecular weight excluding hydrogens is 336 g/mol. The molecule has 7 heteroatoms. The number of rotatable bonds is 4. The quantitative estimate of drug-likeness (QED) is 0.558. The third-order valence-electron chi connectivity index (χ3n) is 4.00. The monoisotopic (exact) mass is 354 g/mol. The molecule has 2 aromatic heterocycles. The molecule has 0 fully saturated rings. The Hall–Kier alpha value is -2.80. The van der Waals surface area contributed by atoms with Crippen LogP contribution >= 0.6 is 11.3 Å². The second kappa shape index (κ2) is 6.98. The molecular formula is C18H18N4O2S. The van der Waals surface area contributed by atoms with Crippen molar-refractivity contribution in [2.75, 3.05) is 0 Å². The Kier molecular flexibility index (Phi) is 4.76. The molecule has 0 aliphatic rings.